The molecule has 2 amide bonds. The molecule has 2 heterocycles. The van der Waals surface area contributed by atoms with Crippen molar-refractivity contribution in [1.29, 1.82) is 0 Å². The lowest BCUT2D eigenvalue weighted by Gasteiger charge is -2.38. The Balaban J connectivity index is 1.45. The lowest BCUT2D eigenvalue weighted by Crippen LogP contribution is -2.61. The first-order valence-electron chi connectivity index (χ1n) is 12.6. The van der Waals surface area contributed by atoms with E-state index in [2.05, 4.69) is 11.4 Å². The van der Waals surface area contributed by atoms with Gasteiger partial charge in [0.05, 0.1) is 12.5 Å². The highest BCUT2D eigenvalue weighted by molar-refractivity contribution is 6.04. The third-order valence-electron chi connectivity index (χ3n) is 7.25. The minimum Gasteiger partial charge on any atom is -0.496 e. The molecule has 0 saturated carbocycles. The number of methoxy groups -OCH3 is 1. The zero-order valence-electron chi connectivity index (χ0n) is 20.8. The SMILES string of the molecule is COc1ccccc1CNC(=O)[C@@]1(C)COc2c(oc3ccccc23)C(=O)N1CCC1=CCCCC1. The Morgan fingerprint density at radius 3 is 2.75 bits per heavy atom. The third-order valence-corrected chi connectivity index (χ3v) is 7.25. The van der Waals surface area contributed by atoms with Gasteiger partial charge in [-0.3, -0.25) is 9.59 Å². The number of nitrogens with zero attached hydrogens (tertiary/aromatic N) is 1. The molecule has 1 aromatic heterocycles. The number of carbonyl (C=O) groups excluding carboxylic acids is 2. The van der Waals surface area contributed by atoms with E-state index in [-0.39, 0.29) is 30.7 Å². The van der Waals surface area contributed by atoms with Gasteiger partial charge in [0.2, 0.25) is 11.7 Å². The molecule has 5 rings (SSSR count). The quantitative estimate of drug-likeness (QED) is 0.460. The largest absolute Gasteiger partial charge is 0.496 e. The maximum atomic E-state index is 13.9. The number of ether oxygens (including phenoxy) is 2. The number of hydrogen-bond donors (Lipinski definition) is 1. The summed E-state index contributed by atoms with van der Waals surface area (Å²) in [5.41, 5.74) is 1.56. The molecule has 0 saturated heterocycles. The Morgan fingerprint density at radius 1 is 1.14 bits per heavy atom. The van der Waals surface area contributed by atoms with Crippen LogP contribution in [0.25, 0.3) is 11.0 Å². The fourth-order valence-corrected chi connectivity index (χ4v) is 5.08. The smallest absolute Gasteiger partial charge is 0.294 e. The van der Waals surface area contributed by atoms with Crippen molar-refractivity contribution in [2.75, 3.05) is 20.3 Å². The molecule has 0 unspecified atom stereocenters. The molecule has 0 bridgehead atoms. The van der Waals surface area contributed by atoms with Crippen LogP contribution in [0.5, 0.6) is 11.5 Å². The van der Waals surface area contributed by atoms with E-state index in [1.807, 2.05) is 48.5 Å². The van der Waals surface area contributed by atoms with Gasteiger partial charge in [-0.25, -0.2) is 0 Å². The van der Waals surface area contributed by atoms with Crippen molar-refractivity contribution in [2.24, 2.45) is 0 Å². The van der Waals surface area contributed by atoms with Crippen molar-refractivity contribution in [2.45, 2.75) is 51.1 Å². The number of allylic oxidation sites excluding steroid dienone is 1. The number of furan rings is 1. The molecule has 1 aliphatic heterocycles. The number of carbonyl (C=O) groups is 2. The van der Waals surface area contributed by atoms with E-state index < -0.39 is 5.54 Å². The zero-order valence-corrected chi connectivity index (χ0v) is 20.8. The first-order chi connectivity index (χ1) is 17.5. The van der Waals surface area contributed by atoms with Crippen LogP contribution in [-0.2, 0) is 11.3 Å². The number of rotatable bonds is 7. The molecule has 0 fully saturated rings. The summed E-state index contributed by atoms with van der Waals surface area (Å²) < 4.78 is 17.6. The third kappa shape index (κ3) is 4.45. The Hall–Kier alpha value is -3.74. The lowest BCUT2D eigenvalue weighted by atomic mass is 9.94. The van der Waals surface area contributed by atoms with Crippen LogP contribution in [-0.4, -0.2) is 42.5 Å². The highest BCUT2D eigenvalue weighted by Gasteiger charge is 2.47. The van der Waals surface area contributed by atoms with E-state index in [1.165, 1.54) is 12.0 Å². The molecule has 2 aromatic carbocycles. The highest BCUT2D eigenvalue weighted by Crippen LogP contribution is 2.38. The van der Waals surface area contributed by atoms with Gasteiger partial charge < -0.3 is 24.1 Å². The summed E-state index contributed by atoms with van der Waals surface area (Å²) in [5.74, 6) is 0.635. The Bertz CT molecular complexity index is 1310. The number of hydrogen-bond acceptors (Lipinski definition) is 5. The Kier molecular flexibility index (Phi) is 6.72. The highest BCUT2D eigenvalue weighted by atomic mass is 16.5. The van der Waals surface area contributed by atoms with Gasteiger partial charge in [0, 0.05) is 18.7 Å². The maximum Gasteiger partial charge on any atom is 0.294 e. The number of para-hydroxylation sites is 2. The molecule has 36 heavy (non-hydrogen) atoms. The first-order valence-corrected chi connectivity index (χ1v) is 12.6. The zero-order chi connectivity index (χ0) is 25.1. The molecule has 1 N–H and O–H groups in total. The second-order valence-electron chi connectivity index (χ2n) is 9.63. The summed E-state index contributed by atoms with van der Waals surface area (Å²) in [6, 6.07) is 15.0. The Morgan fingerprint density at radius 2 is 1.94 bits per heavy atom. The molecule has 3 aromatic rings. The topological polar surface area (TPSA) is 81.0 Å². The molecule has 188 valence electrons. The van der Waals surface area contributed by atoms with Gasteiger partial charge in [0.1, 0.15) is 17.9 Å². The van der Waals surface area contributed by atoms with Crippen LogP contribution in [0.1, 0.15) is 55.1 Å². The summed E-state index contributed by atoms with van der Waals surface area (Å²) in [6.45, 7) is 2.47. The van der Waals surface area contributed by atoms with Crippen molar-refractivity contribution in [3.05, 3.63) is 71.5 Å². The van der Waals surface area contributed by atoms with Crippen LogP contribution in [0.4, 0.5) is 0 Å². The predicted octanol–water partition coefficient (Wildman–Crippen LogP) is 5.24. The standard InChI is InChI=1S/C29H32N2O5/c1-29(28(33)30-18-21-12-6-8-14-23(21)34-2)19-35-25-22-13-7-9-15-24(22)36-26(25)27(32)31(29)17-16-20-10-4-3-5-11-20/h6-10,12-15H,3-5,11,16-19H2,1-2H3,(H,30,33)/t29-/m1/s1. The predicted molar refractivity (Wildman–Crippen MR) is 137 cm³/mol. The molecule has 7 heteroatoms. The Labute approximate surface area is 211 Å². The number of amides is 2. The van der Waals surface area contributed by atoms with Crippen LogP contribution < -0.4 is 14.8 Å². The monoisotopic (exact) mass is 488 g/mol. The van der Waals surface area contributed by atoms with Crippen molar-refractivity contribution in [1.82, 2.24) is 10.2 Å². The summed E-state index contributed by atoms with van der Waals surface area (Å²) in [5, 5.41) is 3.75. The molecule has 1 aliphatic carbocycles. The van der Waals surface area contributed by atoms with Crippen LogP contribution in [0.2, 0.25) is 0 Å². The fraction of sp³-hybridized carbons (Fsp3) is 0.379. The van der Waals surface area contributed by atoms with E-state index >= 15 is 0 Å². The van der Waals surface area contributed by atoms with Crippen LogP contribution >= 0.6 is 0 Å². The minimum atomic E-state index is -1.23. The molecule has 0 spiro atoms. The molecular weight excluding hydrogens is 456 g/mol. The molecule has 0 radical (unpaired) electrons. The summed E-state index contributed by atoms with van der Waals surface area (Å²) in [6.07, 6.45) is 7.45. The summed E-state index contributed by atoms with van der Waals surface area (Å²) >= 11 is 0. The van der Waals surface area contributed by atoms with Crippen molar-refractivity contribution in [3.8, 4) is 11.5 Å². The van der Waals surface area contributed by atoms with Gasteiger partial charge in [-0.2, -0.15) is 0 Å². The van der Waals surface area contributed by atoms with Crippen molar-refractivity contribution < 1.29 is 23.5 Å². The molecule has 7 nitrogen and oxygen atoms in total. The van der Waals surface area contributed by atoms with Crippen LogP contribution in [0.15, 0.2) is 64.6 Å². The minimum absolute atomic E-state index is 0.0199. The van der Waals surface area contributed by atoms with Gasteiger partial charge in [0.15, 0.2) is 11.3 Å². The van der Waals surface area contributed by atoms with Crippen LogP contribution in [0.3, 0.4) is 0 Å². The fourth-order valence-electron chi connectivity index (χ4n) is 5.08. The van der Waals surface area contributed by atoms with Gasteiger partial charge in [-0.1, -0.05) is 42.0 Å². The average molecular weight is 489 g/mol. The normalized spacial score (nSPS) is 19.8. The first kappa shape index (κ1) is 24.0. The van der Waals surface area contributed by atoms with Gasteiger partial charge in [-0.05, 0) is 57.2 Å². The second kappa shape index (κ2) is 10.1. The van der Waals surface area contributed by atoms with Crippen LogP contribution in [0, 0.1) is 0 Å². The van der Waals surface area contributed by atoms with E-state index in [1.54, 1.807) is 18.9 Å². The van der Waals surface area contributed by atoms with Crippen molar-refractivity contribution >= 4 is 22.8 Å². The van der Waals surface area contributed by atoms with Crippen molar-refractivity contribution in [3.63, 3.8) is 0 Å². The van der Waals surface area contributed by atoms with E-state index in [4.69, 9.17) is 13.9 Å². The number of nitrogens with one attached hydrogen (secondary N) is 1. The van der Waals surface area contributed by atoms with Gasteiger partial charge >= 0.3 is 0 Å². The van der Waals surface area contributed by atoms with Gasteiger partial charge in [0.25, 0.3) is 5.91 Å². The summed E-state index contributed by atoms with van der Waals surface area (Å²) in [4.78, 5) is 29.3. The van der Waals surface area contributed by atoms with E-state index in [0.717, 1.165) is 36.6 Å². The molecule has 1 atom stereocenters. The van der Waals surface area contributed by atoms with E-state index in [9.17, 15) is 9.59 Å². The lowest BCUT2D eigenvalue weighted by molar-refractivity contribution is -0.133. The molecule has 2 aliphatic rings. The maximum absolute atomic E-state index is 13.9. The molecular formula is C29H32N2O5. The average Bonchev–Trinajstić information content (AvgIpc) is 3.25. The summed E-state index contributed by atoms with van der Waals surface area (Å²) in [7, 11) is 1.60. The second-order valence-corrected chi connectivity index (χ2v) is 9.63. The number of benzene rings is 2. The number of fused-ring (bicyclic) bond motifs is 3. The van der Waals surface area contributed by atoms with E-state index in [0.29, 0.717) is 23.6 Å². The van der Waals surface area contributed by atoms with Gasteiger partial charge in [-0.15, -0.1) is 0 Å².